The molecule has 4 nitrogen and oxygen atoms in total. The van der Waals surface area contributed by atoms with Crippen LogP contribution in [0.3, 0.4) is 0 Å². The third-order valence-corrected chi connectivity index (χ3v) is 3.24. The van der Waals surface area contributed by atoms with Crippen LogP contribution >= 0.6 is 0 Å². The number of likely N-dealkylation sites (N-methyl/N-ethyl adjacent to an activating group) is 1. The van der Waals surface area contributed by atoms with E-state index in [0.29, 0.717) is 6.79 Å². The van der Waals surface area contributed by atoms with Crippen molar-refractivity contribution >= 4 is 10.9 Å². The number of aromatic nitrogens is 1. The summed E-state index contributed by atoms with van der Waals surface area (Å²) in [6.45, 7) is 3.41. The Morgan fingerprint density at radius 2 is 2.06 bits per heavy atom. The average molecular weight is 232 g/mol. The fraction of sp³-hybridized carbons (Fsp3) is 0.385. The normalized spacial score (nSPS) is 13.5. The Morgan fingerprint density at radius 3 is 2.82 bits per heavy atom. The Labute approximate surface area is 99.9 Å². The molecule has 2 heterocycles. The molecule has 4 heteroatoms. The Hall–Kier alpha value is -1.68. The molecule has 2 aromatic rings. The van der Waals surface area contributed by atoms with Crippen molar-refractivity contribution in [3.8, 4) is 11.5 Å². The van der Waals surface area contributed by atoms with Crippen LogP contribution in [0.2, 0.25) is 0 Å². The number of fused-ring (bicyclic) bond motifs is 2. The van der Waals surface area contributed by atoms with Crippen LogP contribution in [0.15, 0.2) is 12.1 Å². The molecule has 90 valence electrons. The van der Waals surface area contributed by atoms with Crippen LogP contribution in [-0.2, 0) is 6.42 Å². The number of H-pyrrole nitrogens is 1. The molecule has 0 atom stereocenters. The molecule has 0 aliphatic carbocycles. The summed E-state index contributed by atoms with van der Waals surface area (Å²) in [6.07, 6.45) is 1.02. The van der Waals surface area contributed by atoms with Crippen molar-refractivity contribution in [3.63, 3.8) is 0 Å². The number of aromatic amines is 1. The lowest BCUT2D eigenvalue weighted by Crippen LogP contribution is -2.10. The molecular weight excluding hydrogens is 216 g/mol. The van der Waals surface area contributed by atoms with Gasteiger partial charge in [-0.25, -0.2) is 0 Å². The van der Waals surface area contributed by atoms with Crippen LogP contribution in [0.5, 0.6) is 11.5 Å². The van der Waals surface area contributed by atoms with Gasteiger partial charge in [-0.2, -0.15) is 0 Å². The van der Waals surface area contributed by atoms with Gasteiger partial charge in [0.1, 0.15) is 0 Å². The number of aryl methyl sites for hydroxylation is 1. The van der Waals surface area contributed by atoms with Crippen molar-refractivity contribution in [2.75, 3.05) is 20.4 Å². The summed E-state index contributed by atoms with van der Waals surface area (Å²) in [4.78, 5) is 3.40. The molecule has 2 N–H and O–H groups in total. The van der Waals surface area contributed by atoms with Crippen LogP contribution in [-0.4, -0.2) is 25.4 Å². The van der Waals surface area contributed by atoms with Gasteiger partial charge in [0.25, 0.3) is 0 Å². The topological polar surface area (TPSA) is 46.3 Å². The molecule has 3 rings (SSSR count). The van der Waals surface area contributed by atoms with E-state index in [2.05, 4.69) is 23.3 Å². The molecular formula is C13H16N2O2. The Kier molecular flexibility index (Phi) is 2.44. The van der Waals surface area contributed by atoms with Crippen LogP contribution < -0.4 is 14.8 Å². The molecule has 1 aromatic heterocycles. The second-order valence-electron chi connectivity index (χ2n) is 4.33. The van der Waals surface area contributed by atoms with Crippen molar-refractivity contribution in [2.24, 2.45) is 0 Å². The second kappa shape index (κ2) is 3.96. The van der Waals surface area contributed by atoms with Gasteiger partial charge in [-0.1, -0.05) is 0 Å². The van der Waals surface area contributed by atoms with Crippen molar-refractivity contribution in [1.82, 2.24) is 10.3 Å². The van der Waals surface area contributed by atoms with E-state index in [1.165, 1.54) is 16.6 Å². The van der Waals surface area contributed by atoms with Crippen molar-refractivity contribution in [2.45, 2.75) is 13.3 Å². The highest BCUT2D eigenvalue weighted by molar-refractivity contribution is 5.88. The molecule has 0 fully saturated rings. The number of rotatable bonds is 3. The van der Waals surface area contributed by atoms with Gasteiger partial charge in [-0.3, -0.25) is 0 Å². The summed E-state index contributed by atoms with van der Waals surface area (Å²) in [7, 11) is 1.97. The number of hydrogen-bond acceptors (Lipinski definition) is 3. The van der Waals surface area contributed by atoms with Crippen molar-refractivity contribution in [3.05, 3.63) is 23.4 Å². The van der Waals surface area contributed by atoms with Gasteiger partial charge in [-0.15, -0.1) is 0 Å². The highest BCUT2D eigenvalue weighted by Gasteiger charge is 2.17. The third-order valence-electron chi connectivity index (χ3n) is 3.24. The molecule has 1 aliphatic heterocycles. The lowest BCUT2D eigenvalue weighted by atomic mass is 10.1. The molecule has 1 aromatic carbocycles. The van der Waals surface area contributed by atoms with Gasteiger partial charge in [0.2, 0.25) is 6.79 Å². The number of ether oxygens (including phenoxy) is 2. The van der Waals surface area contributed by atoms with Gasteiger partial charge >= 0.3 is 0 Å². The summed E-state index contributed by atoms with van der Waals surface area (Å²) in [5.41, 5.74) is 3.70. The van der Waals surface area contributed by atoms with E-state index in [1.54, 1.807) is 0 Å². The lowest BCUT2D eigenvalue weighted by Gasteiger charge is -2.01. The molecule has 0 saturated heterocycles. The van der Waals surface area contributed by atoms with Gasteiger partial charge in [-0.05, 0) is 38.6 Å². The van der Waals surface area contributed by atoms with Crippen molar-refractivity contribution < 1.29 is 9.47 Å². The predicted molar refractivity (Wildman–Crippen MR) is 66.8 cm³/mol. The SMILES string of the molecule is CNCCc1c(C)[nH]c2cc3c(cc12)OCO3. The van der Waals surface area contributed by atoms with Gasteiger partial charge in [0, 0.05) is 22.7 Å². The lowest BCUT2D eigenvalue weighted by molar-refractivity contribution is 0.174. The van der Waals surface area contributed by atoms with Crippen LogP contribution in [0.1, 0.15) is 11.3 Å². The molecule has 0 amide bonds. The summed E-state index contributed by atoms with van der Waals surface area (Å²) >= 11 is 0. The van der Waals surface area contributed by atoms with E-state index in [0.717, 1.165) is 30.0 Å². The standard InChI is InChI=1S/C13H16N2O2/c1-8-9(3-4-14-2)10-5-12-13(17-7-16-12)6-11(10)15-8/h5-6,14-15H,3-4,7H2,1-2H3. The summed E-state index contributed by atoms with van der Waals surface area (Å²) < 4.78 is 10.8. The first-order valence-electron chi connectivity index (χ1n) is 5.85. The monoisotopic (exact) mass is 232 g/mol. The molecule has 17 heavy (non-hydrogen) atoms. The Morgan fingerprint density at radius 1 is 1.29 bits per heavy atom. The maximum atomic E-state index is 5.42. The zero-order valence-corrected chi connectivity index (χ0v) is 10.1. The highest BCUT2D eigenvalue weighted by Crippen LogP contribution is 2.37. The second-order valence-corrected chi connectivity index (χ2v) is 4.33. The fourth-order valence-corrected chi connectivity index (χ4v) is 2.35. The molecule has 0 unspecified atom stereocenters. The van der Waals surface area contributed by atoms with Crippen LogP contribution in [0.4, 0.5) is 0 Å². The largest absolute Gasteiger partial charge is 0.454 e. The van der Waals surface area contributed by atoms with Crippen LogP contribution in [0, 0.1) is 6.92 Å². The minimum atomic E-state index is 0.326. The molecule has 0 radical (unpaired) electrons. The van der Waals surface area contributed by atoms with E-state index < -0.39 is 0 Å². The minimum Gasteiger partial charge on any atom is -0.454 e. The summed E-state index contributed by atoms with van der Waals surface area (Å²) in [5.74, 6) is 1.68. The van der Waals surface area contributed by atoms with E-state index >= 15 is 0 Å². The molecule has 1 aliphatic rings. The number of benzene rings is 1. The maximum absolute atomic E-state index is 5.42. The van der Waals surface area contributed by atoms with E-state index in [9.17, 15) is 0 Å². The highest BCUT2D eigenvalue weighted by atomic mass is 16.7. The Bertz CT molecular complexity index is 560. The zero-order valence-electron chi connectivity index (χ0n) is 10.1. The van der Waals surface area contributed by atoms with Crippen molar-refractivity contribution in [1.29, 1.82) is 0 Å². The fourth-order valence-electron chi connectivity index (χ4n) is 2.35. The smallest absolute Gasteiger partial charge is 0.231 e. The zero-order chi connectivity index (χ0) is 11.8. The molecule has 0 spiro atoms. The third kappa shape index (κ3) is 1.65. The number of hydrogen-bond donors (Lipinski definition) is 2. The molecule has 0 saturated carbocycles. The first-order chi connectivity index (χ1) is 8.29. The summed E-state index contributed by atoms with van der Waals surface area (Å²) in [5, 5.41) is 4.42. The van der Waals surface area contributed by atoms with Gasteiger partial charge in [0.15, 0.2) is 11.5 Å². The predicted octanol–water partition coefficient (Wildman–Crippen LogP) is 1.97. The van der Waals surface area contributed by atoms with Gasteiger partial charge < -0.3 is 19.8 Å². The minimum absolute atomic E-state index is 0.326. The summed E-state index contributed by atoms with van der Waals surface area (Å²) in [6, 6.07) is 4.10. The van der Waals surface area contributed by atoms with E-state index in [1.807, 2.05) is 13.1 Å². The Balaban J connectivity index is 2.11. The first-order valence-corrected chi connectivity index (χ1v) is 5.85. The first kappa shape index (κ1) is 10.5. The average Bonchev–Trinajstić information content (AvgIpc) is 2.87. The van der Waals surface area contributed by atoms with Gasteiger partial charge in [0.05, 0.1) is 0 Å². The quantitative estimate of drug-likeness (QED) is 0.850. The van der Waals surface area contributed by atoms with E-state index in [-0.39, 0.29) is 0 Å². The van der Waals surface area contributed by atoms with Crippen LogP contribution in [0.25, 0.3) is 10.9 Å². The number of nitrogens with one attached hydrogen (secondary N) is 2. The molecule has 0 bridgehead atoms. The van der Waals surface area contributed by atoms with E-state index in [4.69, 9.17) is 9.47 Å². The maximum Gasteiger partial charge on any atom is 0.231 e.